The average Bonchev–Trinajstić information content (AvgIpc) is 2.94. The molecule has 0 amide bonds. The number of quaternary nitrogens is 1. The number of rotatable bonds is 3. The molecule has 2 heterocycles. The lowest BCUT2D eigenvalue weighted by atomic mass is 10.3. The van der Waals surface area contributed by atoms with Gasteiger partial charge in [-0.05, 0) is 23.9 Å². The minimum Gasteiger partial charge on any atom is -0.594 e. The molecular formula is C11H10N4O3S. The zero-order valence-electron chi connectivity index (χ0n) is 9.90. The van der Waals surface area contributed by atoms with Crippen molar-refractivity contribution in [3.05, 3.63) is 35.8 Å². The van der Waals surface area contributed by atoms with Crippen molar-refractivity contribution in [3.8, 4) is 0 Å². The largest absolute Gasteiger partial charge is 0.594 e. The number of benzene rings is 1. The van der Waals surface area contributed by atoms with Gasteiger partial charge in [-0.25, -0.2) is 10.2 Å². The third kappa shape index (κ3) is 2.22. The van der Waals surface area contributed by atoms with Gasteiger partial charge in [0.2, 0.25) is 0 Å². The van der Waals surface area contributed by atoms with Crippen LogP contribution >= 0.6 is 11.8 Å². The highest BCUT2D eigenvalue weighted by molar-refractivity contribution is 7.99. The van der Waals surface area contributed by atoms with Gasteiger partial charge in [-0.2, -0.15) is 10.2 Å². The van der Waals surface area contributed by atoms with E-state index in [1.165, 1.54) is 6.33 Å². The number of fused-ring (bicyclic) bond motifs is 1. The Morgan fingerprint density at radius 2 is 2.21 bits per heavy atom. The summed E-state index contributed by atoms with van der Waals surface area (Å²) in [4.78, 5) is 8.13. The first kappa shape index (κ1) is 12.2. The van der Waals surface area contributed by atoms with Crippen molar-refractivity contribution in [2.45, 2.75) is 10.2 Å². The molecule has 0 aliphatic heterocycles. The normalized spacial score (nSPS) is 13.0. The van der Waals surface area contributed by atoms with Crippen molar-refractivity contribution in [3.63, 3.8) is 0 Å². The molecule has 3 aromatic rings. The van der Waals surface area contributed by atoms with Gasteiger partial charge in [-0.15, -0.1) is 0 Å². The van der Waals surface area contributed by atoms with Crippen molar-refractivity contribution in [2.75, 3.05) is 0 Å². The summed E-state index contributed by atoms with van der Waals surface area (Å²) < 4.78 is 7.18. The summed E-state index contributed by atoms with van der Waals surface area (Å²) in [7, 11) is 1.73. The summed E-state index contributed by atoms with van der Waals surface area (Å²) in [5, 5.41) is 19.9. The van der Waals surface area contributed by atoms with E-state index in [9.17, 15) is 5.21 Å². The molecule has 2 N–H and O–H groups in total. The minimum absolute atomic E-state index is 0.00486. The van der Waals surface area contributed by atoms with Gasteiger partial charge in [0.05, 0.1) is 0 Å². The highest BCUT2D eigenvalue weighted by Crippen LogP contribution is 2.32. The quantitative estimate of drug-likeness (QED) is 0.697. The summed E-state index contributed by atoms with van der Waals surface area (Å²) in [6.07, 6.45) is 1.45. The molecular weight excluding hydrogens is 268 g/mol. The Hall–Kier alpha value is -1.87. The van der Waals surface area contributed by atoms with Gasteiger partial charge in [-0.3, -0.25) is 0 Å². The van der Waals surface area contributed by atoms with Gasteiger partial charge >= 0.3 is 0 Å². The molecule has 0 aliphatic rings. The SMILES string of the molecule is Cn1cnc([NH+]([O-])O)c1Sc1nc2ccccc2o1. The number of imidazole rings is 1. The van der Waals surface area contributed by atoms with E-state index in [1.54, 1.807) is 11.6 Å². The monoisotopic (exact) mass is 278 g/mol. The zero-order valence-corrected chi connectivity index (χ0v) is 10.7. The maximum atomic E-state index is 11.1. The zero-order chi connectivity index (χ0) is 13.4. The second-order valence-corrected chi connectivity index (χ2v) is 4.80. The fraction of sp³-hybridized carbons (Fsp3) is 0.0909. The number of nitrogens with zero attached hydrogens (tertiary/aromatic N) is 3. The molecule has 19 heavy (non-hydrogen) atoms. The van der Waals surface area contributed by atoms with E-state index >= 15 is 0 Å². The number of para-hydroxylation sites is 2. The number of aryl methyl sites for hydroxylation is 1. The molecule has 0 spiro atoms. The van der Waals surface area contributed by atoms with E-state index in [0.29, 0.717) is 15.8 Å². The first-order valence-corrected chi connectivity index (χ1v) is 6.25. The van der Waals surface area contributed by atoms with Gasteiger partial charge in [0, 0.05) is 7.05 Å². The van der Waals surface area contributed by atoms with Crippen LogP contribution in [0.1, 0.15) is 0 Å². The maximum absolute atomic E-state index is 11.1. The number of oxazole rings is 1. The van der Waals surface area contributed by atoms with Crippen LogP contribution in [-0.2, 0) is 7.05 Å². The highest BCUT2D eigenvalue weighted by Gasteiger charge is 2.19. The van der Waals surface area contributed by atoms with E-state index in [1.807, 2.05) is 24.3 Å². The van der Waals surface area contributed by atoms with E-state index in [2.05, 4.69) is 9.97 Å². The van der Waals surface area contributed by atoms with Crippen LogP contribution in [0.2, 0.25) is 0 Å². The van der Waals surface area contributed by atoms with E-state index in [-0.39, 0.29) is 5.82 Å². The third-order valence-corrected chi connectivity index (χ3v) is 3.57. The number of hydrogen-bond donors (Lipinski definition) is 2. The summed E-state index contributed by atoms with van der Waals surface area (Å²) in [6.45, 7) is 0. The molecule has 0 aliphatic carbocycles. The second-order valence-electron chi connectivity index (χ2n) is 3.86. The molecule has 0 bridgehead atoms. The number of nitrogens with one attached hydrogen (secondary N) is 1. The Labute approximate surface area is 112 Å². The van der Waals surface area contributed by atoms with Gasteiger partial charge in [0.25, 0.3) is 11.0 Å². The summed E-state index contributed by atoms with van der Waals surface area (Å²) in [5.74, 6) is -0.00486. The van der Waals surface area contributed by atoms with E-state index in [4.69, 9.17) is 9.62 Å². The molecule has 1 unspecified atom stereocenters. The maximum Gasteiger partial charge on any atom is 0.291 e. The van der Waals surface area contributed by atoms with E-state index in [0.717, 1.165) is 17.3 Å². The van der Waals surface area contributed by atoms with Crippen LogP contribution in [0.4, 0.5) is 5.82 Å². The highest BCUT2D eigenvalue weighted by atomic mass is 32.2. The minimum atomic E-state index is -1.07. The first-order chi connectivity index (χ1) is 9.15. The van der Waals surface area contributed by atoms with Crippen LogP contribution in [0, 0.1) is 5.21 Å². The molecule has 3 rings (SSSR count). The topological polar surface area (TPSA) is 91.6 Å². The van der Waals surface area contributed by atoms with Crippen LogP contribution < -0.4 is 5.23 Å². The van der Waals surface area contributed by atoms with Crippen LogP contribution in [0.15, 0.2) is 45.3 Å². The molecule has 1 atom stereocenters. The standard InChI is InChI=1S/C11H10N4O3S/c1-14-6-12-9(15(16)17)10(14)19-11-13-7-4-2-3-5-8(7)18-11/h2-6,15-16H,1H3. The predicted molar refractivity (Wildman–Crippen MR) is 67.1 cm³/mol. The lowest BCUT2D eigenvalue weighted by Gasteiger charge is -2.09. The lowest BCUT2D eigenvalue weighted by molar-refractivity contribution is -0.994. The molecule has 8 heteroatoms. The van der Waals surface area contributed by atoms with Crippen molar-refractivity contribution in [1.82, 2.24) is 14.5 Å². The first-order valence-electron chi connectivity index (χ1n) is 5.43. The number of aromatic nitrogens is 3. The summed E-state index contributed by atoms with van der Waals surface area (Å²) >= 11 is 1.14. The average molecular weight is 278 g/mol. The van der Waals surface area contributed by atoms with Gasteiger partial charge in [-0.1, -0.05) is 12.1 Å². The Morgan fingerprint density at radius 1 is 1.42 bits per heavy atom. The van der Waals surface area contributed by atoms with E-state index < -0.39 is 5.23 Å². The second kappa shape index (κ2) is 4.67. The van der Waals surface area contributed by atoms with Gasteiger partial charge in [0.15, 0.2) is 10.6 Å². The lowest BCUT2D eigenvalue weighted by Crippen LogP contribution is -2.99. The van der Waals surface area contributed by atoms with Crippen LogP contribution in [0.25, 0.3) is 11.1 Å². The van der Waals surface area contributed by atoms with Crippen LogP contribution in [0.5, 0.6) is 0 Å². The smallest absolute Gasteiger partial charge is 0.291 e. The molecule has 0 saturated heterocycles. The third-order valence-electron chi connectivity index (χ3n) is 2.54. The Kier molecular flexibility index (Phi) is 2.99. The van der Waals surface area contributed by atoms with Crippen LogP contribution in [0.3, 0.4) is 0 Å². The van der Waals surface area contributed by atoms with Crippen molar-refractivity contribution in [1.29, 1.82) is 0 Å². The Morgan fingerprint density at radius 3 is 2.95 bits per heavy atom. The van der Waals surface area contributed by atoms with Crippen LogP contribution in [-0.4, -0.2) is 19.7 Å². The molecule has 0 radical (unpaired) electrons. The Balaban J connectivity index is 1.98. The Bertz CT molecular complexity index is 689. The molecule has 2 aromatic heterocycles. The van der Waals surface area contributed by atoms with Crippen molar-refractivity contribution < 1.29 is 14.9 Å². The fourth-order valence-corrected chi connectivity index (χ4v) is 2.53. The fourth-order valence-electron chi connectivity index (χ4n) is 1.66. The van der Waals surface area contributed by atoms with Crippen molar-refractivity contribution in [2.24, 2.45) is 7.05 Å². The molecule has 7 nitrogen and oxygen atoms in total. The number of hydrogen-bond acceptors (Lipinski definition) is 6. The van der Waals surface area contributed by atoms with Gasteiger partial charge in [0.1, 0.15) is 11.8 Å². The molecule has 0 saturated carbocycles. The predicted octanol–water partition coefficient (Wildman–Crippen LogP) is 1.12. The molecule has 1 aromatic carbocycles. The summed E-state index contributed by atoms with van der Waals surface area (Å²) in [5.41, 5.74) is 1.41. The molecule has 0 fully saturated rings. The molecule has 98 valence electrons. The van der Waals surface area contributed by atoms with Crippen molar-refractivity contribution >= 4 is 28.7 Å². The van der Waals surface area contributed by atoms with Gasteiger partial charge < -0.3 is 14.2 Å². The summed E-state index contributed by atoms with van der Waals surface area (Å²) in [6, 6.07) is 7.37.